The van der Waals surface area contributed by atoms with Gasteiger partial charge in [0.25, 0.3) is 0 Å². The lowest BCUT2D eigenvalue weighted by molar-refractivity contribution is 0.213. The summed E-state index contributed by atoms with van der Waals surface area (Å²) >= 11 is 3.41. The van der Waals surface area contributed by atoms with Crippen molar-refractivity contribution in [2.75, 3.05) is 37.9 Å². The molecule has 1 saturated heterocycles. The maximum Gasteiger partial charge on any atom is 0.216 e. The second kappa shape index (κ2) is 6.18. The van der Waals surface area contributed by atoms with Gasteiger partial charge in [0.05, 0.1) is 12.4 Å². The molecular formula is C9H18BrNO3S. The number of ether oxygens (including phenoxy) is 1. The quantitative estimate of drug-likeness (QED) is 0.714. The van der Waals surface area contributed by atoms with E-state index in [9.17, 15) is 8.42 Å². The molecule has 0 radical (unpaired) electrons. The maximum absolute atomic E-state index is 11.8. The van der Waals surface area contributed by atoms with E-state index in [2.05, 4.69) is 15.9 Å². The number of hydrogen-bond donors (Lipinski definition) is 0. The van der Waals surface area contributed by atoms with Crippen LogP contribution in [-0.2, 0) is 14.8 Å². The van der Waals surface area contributed by atoms with E-state index < -0.39 is 10.0 Å². The molecule has 0 aliphatic carbocycles. The standard InChI is InChI=1S/C9H18BrNO3S/c1-14-5-6-15(12,13)11-4-2-3-9(7-10)8-11/h9H,2-8H2,1H3. The highest BCUT2D eigenvalue weighted by molar-refractivity contribution is 9.09. The van der Waals surface area contributed by atoms with Gasteiger partial charge in [-0.2, -0.15) is 0 Å². The molecule has 1 unspecified atom stereocenters. The fourth-order valence-electron chi connectivity index (χ4n) is 1.72. The summed E-state index contributed by atoms with van der Waals surface area (Å²) in [6.07, 6.45) is 2.07. The molecular weight excluding hydrogens is 282 g/mol. The normalized spacial score (nSPS) is 24.3. The Morgan fingerprint density at radius 3 is 2.87 bits per heavy atom. The summed E-state index contributed by atoms with van der Waals surface area (Å²) in [6, 6.07) is 0. The van der Waals surface area contributed by atoms with Crippen molar-refractivity contribution in [3.63, 3.8) is 0 Å². The molecule has 4 nitrogen and oxygen atoms in total. The van der Waals surface area contributed by atoms with Gasteiger partial charge in [0.1, 0.15) is 0 Å². The van der Waals surface area contributed by atoms with Crippen LogP contribution in [0.3, 0.4) is 0 Å². The van der Waals surface area contributed by atoms with Gasteiger partial charge in [0.15, 0.2) is 0 Å². The minimum Gasteiger partial charge on any atom is -0.384 e. The van der Waals surface area contributed by atoms with Gasteiger partial charge >= 0.3 is 0 Å². The molecule has 1 aliphatic rings. The van der Waals surface area contributed by atoms with Crippen LogP contribution in [0, 0.1) is 5.92 Å². The first-order chi connectivity index (χ1) is 7.10. The van der Waals surface area contributed by atoms with E-state index in [0.717, 1.165) is 18.2 Å². The van der Waals surface area contributed by atoms with Crippen LogP contribution >= 0.6 is 15.9 Å². The molecule has 1 aliphatic heterocycles. The van der Waals surface area contributed by atoms with Gasteiger partial charge in [0.2, 0.25) is 10.0 Å². The molecule has 0 N–H and O–H groups in total. The zero-order valence-corrected chi connectivity index (χ0v) is 11.4. The third-order valence-electron chi connectivity index (χ3n) is 2.64. The second-order valence-corrected chi connectivity index (χ2v) is 6.57. The third-order valence-corrected chi connectivity index (χ3v) is 5.36. The predicted octanol–water partition coefficient (Wildman–Crippen LogP) is 1.07. The van der Waals surface area contributed by atoms with Crippen molar-refractivity contribution >= 4 is 26.0 Å². The van der Waals surface area contributed by atoms with Crippen molar-refractivity contribution in [3.05, 3.63) is 0 Å². The number of methoxy groups -OCH3 is 1. The van der Waals surface area contributed by atoms with E-state index in [0.29, 0.717) is 19.0 Å². The Hall–Kier alpha value is 0.350. The summed E-state index contributed by atoms with van der Waals surface area (Å²) in [7, 11) is -1.58. The molecule has 6 heteroatoms. The fraction of sp³-hybridized carbons (Fsp3) is 1.00. The first-order valence-electron chi connectivity index (χ1n) is 5.13. The highest BCUT2D eigenvalue weighted by atomic mass is 79.9. The molecule has 1 rings (SSSR count). The number of sulfonamides is 1. The summed E-state index contributed by atoms with van der Waals surface area (Å²) in [6.45, 7) is 1.59. The highest BCUT2D eigenvalue weighted by Gasteiger charge is 2.27. The fourth-order valence-corrected chi connectivity index (χ4v) is 3.73. The van der Waals surface area contributed by atoms with Gasteiger partial charge in [-0.3, -0.25) is 0 Å². The SMILES string of the molecule is COCCS(=O)(=O)N1CCCC(CBr)C1. The largest absolute Gasteiger partial charge is 0.384 e. The van der Waals surface area contributed by atoms with Crippen LogP contribution in [-0.4, -0.2) is 50.6 Å². The van der Waals surface area contributed by atoms with Crippen LogP contribution in [0.2, 0.25) is 0 Å². The topological polar surface area (TPSA) is 46.6 Å². The van der Waals surface area contributed by atoms with Gasteiger partial charge in [-0.25, -0.2) is 12.7 Å². The van der Waals surface area contributed by atoms with E-state index >= 15 is 0 Å². The lowest BCUT2D eigenvalue weighted by Gasteiger charge is -2.30. The highest BCUT2D eigenvalue weighted by Crippen LogP contribution is 2.20. The molecule has 0 bridgehead atoms. The van der Waals surface area contributed by atoms with Gasteiger partial charge in [-0.05, 0) is 18.8 Å². The van der Waals surface area contributed by atoms with Crippen LogP contribution in [0.1, 0.15) is 12.8 Å². The van der Waals surface area contributed by atoms with Gasteiger partial charge in [0, 0.05) is 25.5 Å². The van der Waals surface area contributed by atoms with Gasteiger partial charge in [-0.1, -0.05) is 15.9 Å². The summed E-state index contributed by atoms with van der Waals surface area (Å²) < 4.78 is 30.1. The first-order valence-corrected chi connectivity index (χ1v) is 7.86. The number of rotatable bonds is 5. The molecule has 0 aromatic rings. The van der Waals surface area contributed by atoms with Crippen LogP contribution < -0.4 is 0 Å². The maximum atomic E-state index is 11.8. The van der Waals surface area contributed by atoms with Gasteiger partial charge < -0.3 is 4.74 Å². The summed E-state index contributed by atoms with van der Waals surface area (Å²) in [5, 5.41) is 0.878. The van der Waals surface area contributed by atoms with Crippen molar-refractivity contribution in [3.8, 4) is 0 Å². The molecule has 1 fully saturated rings. The zero-order chi connectivity index (χ0) is 11.3. The molecule has 15 heavy (non-hydrogen) atoms. The van der Waals surface area contributed by atoms with Gasteiger partial charge in [-0.15, -0.1) is 0 Å². The second-order valence-electron chi connectivity index (χ2n) is 3.83. The van der Waals surface area contributed by atoms with Crippen LogP contribution in [0.15, 0.2) is 0 Å². The number of piperidine rings is 1. The first kappa shape index (κ1) is 13.4. The van der Waals surface area contributed by atoms with Crippen LogP contribution in [0.4, 0.5) is 0 Å². The van der Waals surface area contributed by atoms with E-state index in [1.807, 2.05) is 0 Å². The smallest absolute Gasteiger partial charge is 0.216 e. The van der Waals surface area contributed by atoms with E-state index in [-0.39, 0.29) is 12.4 Å². The van der Waals surface area contributed by atoms with Crippen molar-refractivity contribution in [1.29, 1.82) is 0 Å². The predicted molar refractivity (Wildman–Crippen MR) is 63.8 cm³/mol. The van der Waals surface area contributed by atoms with Crippen molar-refractivity contribution < 1.29 is 13.2 Å². The Morgan fingerprint density at radius 2 is 2.27 bits per heavy atom. The number of alkyl halides is 1. The van der Waals surface area contributed by atoms with E-state index in [4.69, 9.17) is 4.74 Å². The Labute approximate surface area is 100 Å². The summed E-state index contributed by atoms with van der Waals surface area (Å²) in [5.74, 6) is 0.550. The van der Waals surface area contributed by atoms with Crippen LogP contribution in [0.25, 0.3) is 0 Å². The average molecular weight is 300 g/mol. The summed E-state index contributed by atoms with van der Waals surface area (Å²) in [5.41, 5.74) is 0. The lowest BCUT2D eigenvalue weighted by atomic mass is 10.0. The lowest BCUT2D eigenvalue weighted by Crippen LogP contribution is -2.42. The Balaban J connectivity index is 2.54. The average Bonchev–Trinajstić information content (AvgIpc) is 2.26. The Morgan fingerprint density at radius 1 is 1.53 bits per heavy atom. The molecule has 1 atom stereocenters. The summed E-state index contributed by atoms with van der Waals surface area (Å²) in [4.78, 5) is 0. The Kier molecular flexibility index (Phi) is 5.52. The van der Waals surface area contributed by atoms with Crippen LogP contribution in [0.5, 0.6) is 0 Å². The molecule has 0 aromatic heterocycles. The molecule has 0 aromatic carbocycles. The van der Waals surface area contributed by atoms with E-state index in [1.165, 1.54) is 7.11 Å². The van der Waals surface area contributed by atoms with Crippen molar-refractivity contribution in [2.24, 2.45) is 5.92 Å². The molecule has 90 valence electrons. The van der Waals surface area contributed by atoms with Crippen molar-refractivity contribution in [1.82, 2.24) is 4.31 Å². The minimum atomic E-state index is -3.10. The number of hydrogen-bond acceptors (Lipinski definition) is 3. The molecule has 0 spiro atoms. The van der Waals surface area contributed by atoms with Crippen molar-refractivity contribution in [2.45, 2.75) is 12.8 Å². The molecule has 1 heterocycles. The number of halogens is 1. The Bertz CT molecular complexity index is 281. The molecule has 0 saturated carbocycles. The monoisotopic (exact) mass is 299 g/mol. The molecule has 0 amide bonds. The third kappa shape index (κ3) is 4.01. The number of nitrogens with zero attached hydrogens (tertiary/aromatic N) is 1. The minimum absolute atomic E-state index is 0.0957. The van der Waals surface area contributed by atoms with E-state index in [1.54, 1.807) is 4.31 Å². The zero-order valence-electron chi connectivity index (χ0n) is 8.99.